The first-order valence-corrected chi connectivity index (χ1v) is 12.6. The van der Waals surface area contributed by atoms with Crippen molar-refractivity contribution in [2.24, 2.45) is 0 Å². The van der Waals surface area contributed by atoms with E-state index in [1.165, 1.54) is 21.9 Å². The number of nitrogens with zero attached hydrogens (tertiary/aromatic N) is 1. The van der Waals surface area contributed by atoms with Crippen molar-refractivity contribution < 1.29 is 8.42 Å². The standard InChI is InChI=1S/C27H31NO2S/c1-27(2,31(29,30)26-13-4-3-5-14-26)17-9-19-28-18-8-12-25(21-28)24-16-15-22-10-6-7-11-23(22)20-24/h3-7,10-16,20H,8-9,17-19,21H2,1-2H3. The highest BCUT2D eigenvalue weighted by Crippen LogP contribution is 2.30. The lowest BCUT2D eigenvalue weighted by Gasteiger charge is -2.30. The molecule has 1 aliphatic rings. The van der Waals surface area contributed by atoms with Gasteiger partial charge in [0.1, 0.15) is 0 Å². The van der Waals surface area contributed by atoms with Gasteiger partial charge >= 0.3 is 0 Å². The number of sulfone groups is 1. The van der Waals surface area contributed by atoms with Crippen LogP contribution in [-0.4, -0.2) is 37.7 Å². The molecular formula is C27H31NO2S. The number of benzene rings is 3. The van der Waals surface area contributed by atoms with Crippen molar-refractivity contribution in [2.45, 2.75) is 42.8 Å². The Morgan fingerprint density at radius 1 is 0.903 bits per heavy atom. The molecule has 0 atom stereocenters. The molecule has 0 fully saturated rings. The molecule has 0 amide bonds. The summed E-state index contributed by atoms with van der Waals surface area (Å²) in [7, 11) is -3.35. The zero-order valence-electron chi connectivity index (χ0n) is 18.4. The number of hydrogen-bond donors (Lipinski definition) is 0. The zero-order valence-corrected chi connectivity index (χ0v) is 19.2. The summed E-state index contributed by atoms with van der Waals surface area (Å²) in [4.78, 5) is 2.87. The van der Waals surface area contributed by atoms with Crippen molar-refractivity contribution in [2.75, 3.05) is 19.6 Å². The molecule has 0 aromatic heterocycles. The Bertz CT molecular complexity index is 1180. The third-order valence-electron chi connectivity index (χ3n) is 6.38. The Balaban J connectivity index is 1.38. The van der Waals surface area contributed by atoms with Crippen LogP contribution in [0.5, 0.6) is 0 Å². The average molecular weight is 434 g/mol. The SMILES string of the molecule is CC(C)(CCCN1CCC=C(c2ccc3ccccc3c2)C1)S(=O)(=O)c1ccccc1. The second kappa shape index (κ2) is 8.97. The van der Waals surface area contributed by atoms with Crippen LogP contribution in [0.3, 0.4) is 0 Å². The van der Waals surface area contributed by atoms with Gasteiger partial charge in [-0.25, -0.2) is 8.42 Å². The molecule has 0 bridgehead atoms. The molecule has 0 saturated heterocycles. The smallest absolute Gasteiger partial charge is 0.183 e. The molecule has 4 heteroatoms. The number of rotatable bonds is 7. The van der Waals surface area contributed by atoms with Gasteiger partial charge < -0.3 is 0 Å². The monoisotopic (exact) mass is 433 g/mol. The minimum absolute atomic E-state index is 0.416. The summed E-state index contributed by atoms with van der Waals surface area (Å²) in [6, 6.07) is 24.0. The molecule has 0 N–H and O–H groups in total. The van der Waals surface area contributed by atoms with E-state index in [0.717, 1.165) is 32.5 Å². The van der Waals surface area contributed by atoms with Crippen molar-refractivity contribution in [1.29, 1.82) is 0 Å². The first kappa shape index (κ1) is 21.8. The van der Waals surface area contributed by atoms with Gasteiger partial charge in [-0.15, -0.1) is 0 Å². The molecule has 3 nitrogen and oxygen atoms in total. The quantitative estimate of drug-likeness (QED) is 0.461. The molecule has 0 radical (unpaired) electrons. The van der Waals surface area contributed by atoms with Gasteiger partial charge in [-0.1, -0.05) is 60.7 Å². The third-order valence-corrected chi connectivity index (χ3v) is 8.94. The largest absolute Gasteiger partial charge is 0.299 e. The van der Waals surface area contributed by atoms with Crippen molar-refractivity contribution in [3.63, 3.8) is 0 Å². The van der Waals surface area contributed by atoms with E-state index in [-0.39, 0.29) is 0 Å². The highest BCUT2D eigenvalue weighted by molar-refractivity contribution is 7.92. The number of hydrogen-bond acceptors (Lipinski definition) is 3. The molecule has 0 unspecified atom stereocenters. The maximum absolute atomic E-state index is 13.1. The van der Waals surface area contributed by atoms with Crippen molar-refractivity contribution in [3.05, 3.63) is 84.4 Å². The Hall–Kier alpha value is -2.43. The Morgan fingerprint density at radius 2 is 1.61 bits per heavy atom. The summed E-state index contributed by atoms with van der Waals surface area (Å²) < 4.78 is 25.3. The van der Waals surface area contributed by atoms with Gasteiger partial charge in [0.25, 0.3) is 0 Å². The van der Waals surface area contributed by atoms with E-state index >= 15 is 0 Å². The van der Waals surface area contributed by atoms with Crippen LogP contribution in [0, 0.1) is 0 Å². The minimum atomic E-state index is -3.35. The van der Waals surface area contributed by atoms with E-state index in [0.29, 0.717) is 11.3 Å². The molecule has 0 saturated carbocycles. The second-order valence-corrected chi connectivity index (χ2v) is 11.6. The molecule has 1 heterocycles. The lowest BCUT2D eigenvalue weighted by molar-refractivity contribution is 0.292. The van der Waals surface area contributed by atoms with Gasteiger partial charge in [0.05, 0.1) is 9.64 Å². The molecule has 0 spiro atoms. The van der Waals surface area contributed by atoms with Crippen molar-refractivity contribution >= 4 is 26.2 Å². The summed E-state index contributed by atoms with van der Waals surface area (Å²) in [5, 5.41) is 2.53. The highest BCUT2D eigenvalue weighted by atomic mass is 32.2. The van der Waals surface area contributed by atoms with E-state index in [1.54, 1.807) is 24.3 Å². The fourth-order valence-corrected chi connectivity index (χ4v) is 5.94. The van der Waals surface area contributed by atoms with Crippen LogP contribution >= 0.6 is 0 Å². The van der Waals surface area contributed by atoms with Gasteiger partial charge in [0.15, 0.2) is 9.84 Å². The molecule has 162 valence electrons. The minimum Gasteiger partial charge on any atom is -0.299 e. The van der Waals surface area contributed by atoms with Crippen LogP contribution in [0.25, 0.3) is 16.3 Å². The topological polar surface area (TPSA) is 37.4 Å². The van der Waals surface area contributed by atoms with E-state index < -0.39 is 14.6 Å². The summed E-state index contributed by atoms with van der Waals surface area (Å²) >= 11 is 0. The second-order valence-electron chi connectivity index (χ2n) is 9.04. The van der Waals surface area contributed by atoms with E-state index in [2.05, 4.69) is 53.4 Å². The average Bonchev–Trinajstić information content (AvgIpc) is 2.79. The Kier molecular flexibility index (Phi) is 6.31. The maximum Gasteiger partial charge on any atom is 0.183 e. The van der Waals surface area contributed by atoms with E-state index in [4.69, 9.17) is 0 Å². The maximum atomic E-state index is 13.1. The molecular weight excluding hydrogens is 402 g/mol. The predicted molar refractivity (Wildman–Crippen MR) is 130 cm³/mol. The fraction of sp³-hybridized carbons (Fsp3) is 0.333. The van der Waals surface area contributed by atoms with Gasteiger partial charge in [-0.2, -0.15) is 0 Å². The summed E-state index contributed by atoms with van der Waals surface area (Å²) in [6.07, 6.45) is 4.90. The first-order valence-electron chi connectivity index (χ1n) is 11.1. The third kappa shape index (κ3) is 4.76. The lowest BCUT2D eigenvalue weighted by Crippen LogP contribution is -2.35. The predicted octanol–water partition coefficient (Wildman–Crippen LogP) is 5.96. The molecule has 0 aliphatic carbocycles. The summed E-state index contributed by atoms with van der Waals surface area (Å²) in [6.45, 7) is 6.57. The van der Waals surface area contributed by atoms with E-state index in [9.17, 15) is 8.42 Å². The molecule has 3 aromatic carbocycles. The fourth-order valence-electron chi connectivity index (χ4n) is 4.38. The van der Waals surface area contributed by atoms with Gasteiger partial charge in [-0.3, -0.25) is 4.90 Å². The molecule has 31 heavy (non-hydrogen) atoms. The lowest BCUT2D eigenvalue weighted by atomic mass is 9.97. The summed E-state index contributed by atoms with van der Waals surface area (Å²) in [5.74, 6) is 0. The summed E-state index contributed by atoms with van der Waals surface area (Å²) in [5.41, 5.74) is 2.66. The number of fused-ring (bicyclic) bond motifs is 1. The molecule has 1 aliphatic heterocycles. The van der Waals surface area contributed by atoms with Crippen molar-refractivity contribution in [1.82, 2.24) is 4.90 Å². The van der Waals surface area contributed by atoms with Crippen LogP contribution < -0.4 is 0 Å². The molecule has 4 rings (SSSR count). The Labute approximate surface area is 186 Å². The van der Waals surface area contributed by atoms with Gasteiger partial charge in [0, 0.05) is 13.1 Å². The van der Waals surface area contributed by atoms with Gasteiger partial charge in [0.2, 0.25) is 0 Å². The van der Waals surface area contributed by atoms with Crippen LogP contribution in [0.1, 0.15) is 38.7 Å². The van der Waals surface area contributed by atoms with Crippen LogP contribution in [0.15, 0.2) is 83.8 Å². The Morgan fingerprint density at radius 3 is 2.39 bits per heavy atom. The van der Waals surface area contributed by atoms with E-state index in [1.807, 2.05) is 19.9 Å². The first-order chi connectivity index (χ1) is 14.9. The van der Waals surface area contributed by atoms with Gasteiger partial charge in [-0.05, 0) is 79.8 Å². The van der Waals surface area contributed by atoms with Crippen LogP contribution in [0.2, 0.25) is 0 Å². The highest BCUT2D eigenvalue weighted by Gasteiger charge is 2.35. The van der Waals surface area contributed by atoms with Crippen LogP contribution in [-0.2, 0) is 9.84 Å². The zero-order chi connectivity index (χ0) is 21.9. The normalized spacial score (nSPS) is 15.7. The molecule has 3 aromatic rings. The van der Waals surface area contributed by atoms with Crippen molar-refractivity contribution in [3.8, 4) is 0 Å². The van der Waals surface area contributed by atoms with Crippen LogP contribution in [0.4, 0.5) is 0 Å².